The van der Waals surface area contributed by atoms with Crippen LogP contribution in [0.2, 0.25) is 5.02 Å². The average molecular weight is 612 g/mol. The van der Waals surface area contributed by atoms with Crippen molar-refractivity contribution in [1.82, 2.24) is 10.1 Å². The number of hydrogen-bond donors (Lipinski definition) is 1. The van der Waals surface area contributed by atoms with Crippen LogP contribution in [-0.2, 0) is 30.4 Å². The molecule has 0 saturated heterocycles. The van der Waals surface area contributed by atoms with Crippen molar-refractivity contribution in [2.24, 2.45) is 0 Å². The van der Waals surface area contributed by atoms with Crippen LogP contribution in [0.25, 0.3) is 22.2 Å². The number of carboxylic acids is 1. The van der Waals surface area contributed by atoms with Gasteiger partial charge in [-0.15, -0.1) is 0 Å². The lowest BCUT2D eigenvalue weighted by atomic mass is 10.0. The number of fused-ring (bicyclic) bond motifs is 1. The zero-order valence-corrected chi connectivity index (χ0v) is 23.8. The standard InChI is InChI=1S/C28H22ClN3O7S2/c1-18-12-20(29)15-23(13-18)41(37,38)32(16-27(33)34)21-10-11-24-19(14-21)6-5-9-25(24)28-30-26(31-39-28)17-40(35,36)22-7-3-2-4-8-22/h2-15H,16-17H2,1H3,(H,33,34). The maximum Gasteiger partial charge on any atom is 0.324 e. The lowest BCUT2D eigenvalue weighted by Crippen LogP contribution is -2.35. The van der Waals surface area contributed by atoms with Crippen LogP contribution >= 0.6 is 11.6 Å². The molecule has 0 radical (unpaired) electrons. The van der Waals surface area contributed by atoms with Crippen molar-refractivity contribution >= 4 is 53.9 Å². The average Bonchev–Trinajstić information content (AvgIpc) is 3.38. The number of hydrogen-bond acceptors (Lipinski definition) is 8. The molecule has 0 aliphatic rings. The molecule has 10 nitrogen and oxygen atoms in total. The van der Waals surface area contributed by atoms with E-state index in [0.717, 1.165) is 4.31 Å². The van der Waals surface area contributed by atoms with E-state index >= 15 is 0 Å². The zero-order valence-electron chi connectivity index (χ0n) is 21.4. The third kappa shape index (κ3) is 5.94. The third-order valence-corrected chi connectivity index (χ3v) is 9.75. The summed E-state index contributed by atoms with van der Waals surface area (Å²) in [5, 5.41) is 14.7. The number of aromatic nitrogens is 2. The van der Waals surface area contributed by atoms with Crippen LogP contribution < -0.4 is 4.31 Å². The van der Waals surface area contributed by atoms with Crippen LogP contribution in [-0.4, -0.2) is 44.6 Å². The molecule has 0 fully saturated rings. The minimum atomic E-state index is -4.29. The Morgan fingerprint density at radius 1 is 0.927 bits per heavy atom. The summed E-state index contributed by atoms with van der Waals surface area (Å²) in [4.78, 5) is 16.0. The van der Waals surface area contributed by atoms with Crippen molar-refractivity contribution in [2.75, 3.05) is 10.8 Å². The quantitative estimate of drug-likeness (QED) is 0.240. The first-order chi connectivity index (χ1) is 19.4. The molecule has 1 aromatic heterocycles. The molecule has 5 aromatic rings. The Kier molecular flexibility index (Phi) is 7.56. The molecule has 4 aromatic carbocycles. The van der Waals surface area contributed by atoms with Crippen molar-refractivity contribution < 1.29 is 31.3 Å². The SMILES string of the molecule is Cc1cc(Cl)cc(S(=O)(=O)N(CC(=O)O)c2ccc3c(-c4nc(CS(=O)(=O)c5ccccc5)no4)cccc3c2)c1. The van der Waals surface area contributed by atoms with Gasteiger partial charge in [-0.1, -0.05) is 53.2 Å². The van der Waals surface area contributed by atoms with Crippen LogP contribution in [0.4, 0.5) is 5.69 Å². The molecule has 0 saturated carbocycles. The lowest BCUT2D eigenvalue weighted by Gasteiger charge is -2.23. The number of aliphatic carboxylic acids is 1. The van der Waals surface area contributed by atoms with Gasteiger partial charge in [-0.25, -0.2) is 16.8 Å². The van der Waals surface area contributed by atoms with Crippen LogP contribution in [0.3, 0.4) is 0 Å². The molecule has 5 rings (SSSR count). The van der Waals surface area contributed by atoms with E-state index in [9.17, 15) is 26.7 Å². The smallest absolute Gasteiger partial charge is 0.324 e. The number of aryl methyl sites for hydroxylation is 1. The van der Waals surface area contributed by atoms with Crippen LogP contribution in [0, 0.1) is 6.92 Å². The van der Waals surface area contributed by atoms with Gasteiger partial charge in [0, 0.05) is 10.6 Å². The second-order valence-electron chi connectivity index (χ2n) is 9.17. The van der Waals surface area contributed by atoms with Crippen molar-refractivity contribution in [3.8, 4) is 11.5 Å². The van der Waals surface area contributed by atoms with Gasteiger partial charge in [0.05, 0.1) is 15.5 Å². The van der Waals surface area contributed by atoms with Crippen LogP contribution in [0.5, 0.6) is 0 Å². The molecule has 41 heavy (non-hydrogen) atoms. The molecule has 0 bridgehead atoms. The topological polar surface area (TPSA) is 148 Å². The van der Waals surface area contributed by atoms with Crippen LogP contribution in [0.15, 0.2) is 99.2 Å². The minimum Gasteiger partial charge on any atom is -0.480 e. The van der Waals surface area contributed by atoms with Gasteiger partial charge >= 0.3 is 5.97 Å². The fourth-order valence-electron chi connectivity index (χ4n) is 4.33. The predicted molar refractivity (Wildman–Crippen MR) is 153 cm³/mol. The number of nitrogens with zero attached hydrogens (tertiary/aromatic N) is 3. The molecular formula is C28H22ClN3O7S2. The van der Waals surface area contributed by atoms with Crippen molar-refractivity contribution in [3.63, 3.8) is 0 Å². The van der Waals surface area contributed by atoms with E-state index in [4.69, 9.17) is 16.1 Å². The van der Waals surface area contributed by atoms with Gasteiger partial charge in [0.2, 0.25) is 0 Å². The summed E-state index contributed by atoms with van der Waals surface area (Å²) < 4.78 is 58.7. The Morgan fingerprint density at radius 2 is 1.68 bits per heavy atom. The first-order valence-corrected chi connectivity index (χ1v) is 15.6. The molecule has 1 N–H and O–H groups in total. The van der Waals surface area contributed by atoms with Gasteiger partial charge in [0.1, 0.15) is 12.3 Å². The molecule has 13 heteroatoms. The van der Waals surface area contributed by atoms with E-state index < -0.39 is 38.1 Å². The second kappa shape index (κ2) is 11.0. The first kappa shape index (κ1) is 28.3. The first-order valence-electron chi connectivity index (χ1n) is 12.1. The molecular weight excluding hydrogens is 590 g/mol. The maximum absolute atomic E-state index is 13.5. The normalized spacial score (nSPS) is 12.0. The largest absolute Gasteiger partial charge is 0.480 e. The van der Waals surface area contributed by atoms with Gasteiger partial charge in [-0.3, -0.25) is 9.10 Å². The number of sulfonamides is 1. The van der Waals surface area contributed by atoms with Crippen molar-refractivity contribution in [1.29, 1.82) is 0 Å². The highest BCUT2D eigenvalue weighted by molar-refractivity contribution is 7.93. The molecule has 0 unspecified atom stereocenters. The lowest BCUT2D eigenvalue weighted by molar-refractivity contribution is -0.135. The summed E-state index contributed by atoms with van der Waals surface area (Å²) in [5.74, 6) is -1.75. The summed E-state index contributed by atoms with van der Waals surface area (Å²) >= 11 is 6.08. The third-order valence-electron chi connectivity index (χ3n) is 6.15. The number of sulfone groups is 1. The van der Waals surface area contributed by atoms with E-state index in [2.05, 4.69) is 10.1 Å². The fourth-order valence-corrected chi connectivity index (χ4v) is 7.42. The monoisotopic (exact) mass is 611 g/mol. The fraction of sp³-hybridized carbons (Fsp3) is 0.107. The highest BCUT2D eigenvalue weighted by Gasteiger charge is 2.28. The summed E-state index contributed by atoms with van der Waals surface area (Å²) in [5.41, 5.74) is 1.21. The summed E-state index contributed by atoms with van der Waals surface area (Å²) in [7, 11) is -7.99. The summed E-state index contributed by atoms with van der Waals surface area (Å²) in [6.45, 7) is 0.867. The Labute approximate surface area is 240 Å². The highest BCUT2D eigenvalue weighted by atomic mass is 35.5. The molecule has 0 aliphatic carbocycles. The van der Waals surface area contributed by atoms with E-state index in [1.165, 1.54) is 36.4 Å². The molecule has 210 valence electrons. The Bertz CT molecular complexity index is 1970. The highest BCUT2D eigenvalue weighted by Crippen LogP contribution is 2.33. The molecule has 0 amide bonds. The van der Waals surface area contributed by atoms with Gasteiger partial charge in [0.15, 0.2) is 15.7 Å². The van der Waals surface area contributed by atoms with Crippen molar-refractivity contribution in [3.05, 3.63) is 101 Å². The number of halogens is 1. The molecule has 0 aliphatic heterocycles. The number of anilines is 1. The van der Waals surface area contributed by atoms with E-state index in [-0.39, 0.29) is 32.2 Å². The second-order valence-corrected chi connectivity index (χ2v) is 13.5. The summed E-state index contributed by atoms with van der Waals surface area (Å²) in [6.07, 6.45) is 0. The number of rotatable bonds is 9. The molecule has 0 spiro atoms. The van der Waals surface area contributed by atoms with Gasteiger partial charge in [0.25, 0.3) is 15.9 Å². The van der Waals surface area contributed by atoms with Gasteiger partial charge < -0.3 is 9.63 Å². The van der Waals surface area contributed by atoms with Crippen LogP contribution in [0.1, 0.15) is 11.4 Å². The van der Waals surface area contributed by atoms with E-state index in [1.807, 2.05) is 0 Å². The van der Waals surface area contributed by atoms with E-state index in [1.54, 1.807) is 55.5 Å². The maximum atomic E-state index is 13.5. The van der Waals surface area contributed by atoms with Gasteiger partial charge in [-0.05, 0) is 71.8 Å². The van der Waals surface area contributed by atoms with Gasteiger partial charge in [-0.2, -0.15) is 4.98 Å². The van der Waals surface area contributed by atoms with E-state index in [0.29, 0.717) is 21.9 Å². The Morgan fingerprint density at radius 3 is 2.39 bits per heavy atom. The number of carboxylic acid groups (broad SMARTS) is 1. The Hall–Kier alpha value is -4.26. The molecule has 0 atom stereocenters. The number of carbonyl (C=O) groups is 1. The van der Waals surface area contributed by atoms with Crippen molar-refractivity contribution in [2.45, 2.75) is 22.5 Å². The Balaban J connectivity index is 1.51. The minimum absolute atomic E-state index is 0.0204. The predicted octanol–water partition coefficient (Wildman–Crippen LogP) is 5.11. The zero-order chi connectivity index (χ0) is 29.4. The number of benzene rings is 4. The summed E-state index contributed by atoms with van der Waals surface area (Å²) in [6, 6.07) is 21.9. The molecule has 1 heterocycles.